The van der Waals surface area contributed by atoms with E-state index in [0.717, 1.165) is 6.26 Å². The largest absolute Gasteiger partial charge is 0.396 e. The summed E-state index contributed by atoms with van der Waals surface area (Å²) < 4.78 is 23.8. The molecule has 0 aliphatic carbocycles. The van der Waals surface area contributed by atoms with Crippen LogP contribution in [-0.4, -0.2) is 29.3 Å². The van der Waals surface area contributed by atoms with Crippen LogP contribution >= 0.6 is 0 Å². The molecule has 0 aliphatic rings. The second kappa shape index (κ2) is 3.20. The van der Waals surface area contributed by atoms with Crippen molar-refractivity contribution in [1.29, 1.82) is 0 Å². The second-order valence-electron chi connectivity index (χ2n) is 3.34. The van der Waals surface area contributed by atoms with Crippen LogP contribution in [0.15, 0.2) is 18.3 Å². The van der Waals surface area contributed by atoms with Crippen molar-refractivity contribution in [3.05, 3.63) is 24.2 Å². The summed E-state index contributed by atoms with van der Waals surface area (Å²) in [5, 5.41) is 7.62. The topological polar surface area (TPSA) is 90.3 Å². The molecule has 15 heavy (non-hydrogen) atoms. The maximum Gasteiger partial charge on any atom is 0.184 e. The third kappa shape index (κ3) is 1.91. The zero-order valence-electron chi connectivity index (χ0n) is 8.08. The van der Waals surface area contributed by atoms with E-state index in [1.54, 1.807) is 22.7 Å². The first-order valence-electron chi connectivity index (χ1n) is 4.23. The molecule has 0 saturated heterocycles. The van der Waals surface area contributed by atoms with Gasteiger partial charge < -0.3 is 5.73 Å². The van der Waals surface area contributed by atoms with Crippen molar-refractivity contribution in [3.63, 3.8) is 0 Å². The van der Waals surface area contributed by atoms with Crippen LogP contribution in [0.1, 0.15) is 5.82 Å². The summed E-state index contributed by atoms with van der Waals surface area (Å²) >= 11 is 0. The molecule has 0 unspecified atom stereocenters. The molecule has 2 N–H and O–H groups in total. The van der Waals surface area contributed by atoms with Gasteiger partial charge in [-0.25, -0.2) is 8.42 Å². The van der Waals surface area contributed by atoms with Crippen LogP contribution < -0.4 is 5.73 Å². The molecule has 0 radical (unpaired) electrons. The summed E-state index contributed by atoms with van der Waals surface area (Å²) in [4.78, 5) is 0. The van der Waals surface area contributed by atoms with Gasteiger partial charge in [0.25, 0.3) is 0 Å². The minimum Gasteiger partial charge on any atom is -0.396 e. The third-order valence-electron chi connectivity index (χ3n) is 1.93. The van der Waals surface area contributed by atoms with E-state index in [2.05, 4.69) is 10.2 Å². The smallest absolute Gasteiger partial charge is 0.184 e. The molecular weight excluding hydrogens is 216 g/mol. The lowest BCUT2D eigenvalue weighted by Gasteiger charge is -1.99. The van der Waals surface area contributed by atoms with Crippen molar-refractivity contribution in [1.82, 2.24) is 14.6 Å². The first-order chi connectivity index (χ1) is 6.97. The van der Waals surface area contributed by atoms with Gasteiger partial charge in [-0.2, -0.15) is 0 Å². The quantitative estimate of drug-likeness (QED) is 0.769. The Bertz CT molecular complexity index is 602. The van der Waals surface area contributed by atoms with Gasteiger partial charge in [0, 0.05) is 12.5 Å². The Morgan fingerprint density at radius 3 is 2.87 bits per heavy atom. The highest BCUT2D eigenvalue weighted by Crippen LogP contribution is 2.12. The van der Waals surface area contributed by atoms with Crippen molar-refractivity contribution in [2.45, 2.75) is 5.75 Å². The standard InChI is InChI=1S/C8H10N4O2S/c1-15(13,14)5-7-10-11-8-6(9)3-2-4-12(7)8/h2-4H,5,9H2,1H3. The average molecular weight is 226 g/mol. The Labute approximate surface area is 86.7 Å². The number of sulfone groups is 1. The maximum absolute atomic E-state index is 11.1. The van der Waals surface area contributed by atoms with Crippen LogP contribution in [0.3, 0.4) is 0 Å². The van der Waals surface area contributed by atoms with Crippen LogP contribution in [0.4, 0.5) is 5.69 Å². The highest BCUT2D eigenvalue weighted by Gasteiger charge is 2.12. The number of fused-ring (bicyclic) bond motifs is 1. The number of nitrogens with zero attached hydrogens (tertiary/aromatic N) is 3. The molecule has 0 bridgehead atoms. The summed E-state index contributed by atoms with van der Waals surface area (Å²) in [6.45, 7) is 0. The fourth-order valence-corrected chi connectivity index (χ4v) is 1.98. The highest BCUT2D eigenvalue weighted by atomic mass is 32.2. The third-order valence-corrected chi connectivity index (χ3v) is 2.71. The van der Waals surface area contributed by atoms with E-state index < -0.39 is 9.84 Å². The number of anilines is 1. The zero-order chi connectivity index (χ0) is 11.1. The molecule has 0 spiro atoms. The Balaban J connectivity index is 2.60. The number of nitrogen functional groups attached to an aromatic ring is 1. The lowest BCUT2D eigenvalue weighted by Crippen LogP contribution is -2.05. The molecule has 6 nitrogen and oxygen atoms in total. The molecule has 2 heterocycles. The summed E-state index contributed by atoms with van der Waals surface area (Å²) in [6, 6.07) is 3.41. The van der Waals surface area contributed by atoms with Crippen molar-refractivity contribution < 1.29 is 8.42 Å². The number of hydrogen-bond donors (Lipinski definition) is 1. The van der Waals surface area contributed by atoms with Crippen molar-refractivity contribution in [2.75, 3.05) is 12.0 Å². The van der Waals surface area contributed by atoms with E-state index in [0.29, 0.717) is 17.2 Å². The van der Waals surface area contributed by atoms with Gasteiger partial charge in [0.15, 0.2) is 21.3 Å². The molecular formula is C8H10N4O2S. The van der Waals surface area contributed by atoms with E-state index in [1.165, 1.54) is 0 Å². The minimum atomic E-state index is -3.12. The number of rotatable bonds is 2. The molecule has 0 aromatic carbocycles. The molecule has 2 aromatic heterocycles. The molecule has 2 rings (SSSR count). The van der Waals surface area contributed by atoms with Crippen molar-refractivity contribution in [2.24, 2.45) is 0 Å². The van der Waals surface area contributed by atoms with Crippen molar-refractivity contribution in [3.8, 4) is 0 Å². The lowest BCUT2D eigenvalue weighted by molar-refractivity contribution is 0.599. The fourth-order valence-electron chi connectivity index (χ4n) is 1.32. The first kappa shape index (κ1) is 9.91. The monoisotopic (exact) mass is 226 g/mol. The minimum absolute atomic E-state index is 0.141. The molecule has 0 saturated carbocycles. The maximum atomic E-state index is 11.1. The molecule has 0 aliphatic heterocycles. The highest BCUT2D eigenvalue weighted by molar-refractivity contribution is 7.89. The summed E-state index contributed by atoms with van der Waals surface area (Å²) in [5.41, 5.74) is 6.62. The van der Waals surface area contributed by atoms with Gasteiger partial charge in [-0.1, -0.05) is 0 Å². The molecule has 0 amide bonds. The number of pyridine rings is 1. The van der Waals surface area contributed by atoms with E-state index in [1.807, 2.05) is 0 Å². The van der Waals surface area contributed by atoms with E-state index in [9.17, 15) is 8.42 Å². The summed E-state index contributed by atoms with van der Waals surface area (Å²) in [7, 11) is -3.12. The molecule has 7 heteroatoms. The van der Waals surface area contributed by atoms with Gasteiger partial charge in [0.1, 0.15) is 5.75 Å². The van der Waals surface area contributed by atoms with E-state index >= 15 is 0 Å². The average Bonchev–Trinajstić information content (AvgIpc) is 2.48. The summed E-state index contributed by atoms with van der Waals surface area (Å²) in [5.74, 6) is 0.234. The number of nitrogens with two attached hydrogens (primary N) is 1. The van der Waals surface area contributed by atoms with Gasteiger partial charge in [-0.05, 0) is 12.1 Å². The molecule has 0 atom stereocenters. The van der Waals surface area contributed by atoms with Crippen molar-refractivity contribution >= 4 is 21.2 Å². The van der Waals surface area contributed by atoms with E-state index in [-0.39, 0.29) is 5.75 Å². The van der Waals surface area contributed by atoms with Gasteiger partial charge in [-0.15, -0.1) is 10.2 Å². The predicted octanol–water partition coefficient (Wildman–Crippen LogP) is -0.144. The van der Waals surface area contributed by atoms with Gasteiger partial charge in [0.2, 0.25) is 0 Å². The number of aromatic nitrogens is 3. The van der Waals surface area contributed by atoms with Crippen LogP contribution in [0.5, 0.6) is 0 Å². The Hall–Kier alpha value is -1.63. The lowest BCUT2D eigenvalue weighted by atomic mass is 10.4. The predicted molar refractivity (Wildman–Crippen MR) is 55.9 cm³/mol. The fraction of sp³-hybridized carbons (Fsp3) is 0.250. The molecule has 2 aromatic rings. The SMILES string of the molecule is CS(=O)(=O)Cc1nnc2c(N)cccn12. The first-order valence-corrected chi connectivity index (χ1v) is 6.29. The Morgan fingerprint density at radius 1 is 1.47 bits per heavy atom. The molecule has 0 fully saturated rings. The zero-order valence-corrected chi connectivity index (χ0v) is 8.90. The van der Waals surface area contributed by atoms with Crippen LogP contribution in [-0.2, 0) is 15.6 Å². The van der Waals surface area contributed by atoms with Gasteiger partial charge >= 0.3 is 0 Å². The Morgan fingerprint density at radius 2 is 2.20 bits per heavy atom. The van der Waals surface area contributed by atoms with Crippen LogP contribution in [0.2, 0.25) is 0 Å². The second-order valence-corrected chi connectivity index (χ2v) is 5.48. The van der Waals surface area contributed by atoms with Crippen LogP contribution in [0.25, 0.3) is 5.65 Å². The normalized spacial score (nSPS) is 12.1. The van der Waals surface area contributed by atoms with E-state index in [4.69, 9.17) is 5.73 Å². The Kier molecular flexibility index (Phi) is 2.11. The molecule has 80 valence electrons. The van der Waals surface area contributed by atoms with Gasteiger partial charge in [-0.3, -0.25) is 4.40 Å². The van der Waals surface area contributed by atoms with Crippen LogP contribution in [0, 0.1) is 0 Å². The number of hydrogen-bond acceptors (Lipinski definition) is 5. The summed E-state index contributed by atoms with van der Waals surface area (Å²) in [6.07, 6.45) is 2.84. The van der Waals surface area contributed by atoms with Gasteiger partial charge in [0.05, 0.1) is 5.69 Å².